The van der Waals surface area contributed by atoms with Crippen molar-refractivity contribution in [2.75, 3.05) is 33.4 Å². The number of methoxy groups -OCH3 is 1. The summed E-state index contributed by atoms with van der Waals surface area (Å²) in [5, 5.41) is 0. The van der Waals surface area contributed by atoms with Crippen LogP contribution in [0, 0.1) is 5.92 Å². The highest BCUT2D eigenvalue weighted by molar-refractivity contribution is 4.77. The number of hydrogen-bond acceptors (Lipinski definition) is 3. The molecule has 0 aliphatic rings. The summed E-state index contributed by atoms with van der Waals surface area (Å²) in [5.41, 5.74) is 5.87. The van der Waals surface area contributed by atoms with Crippen LogP contribution in [0.2, 0.25) is 0 Å². The van der Waals surface area contributed by atoms with Crippen LogP contribution in [0.1, 0.15) is 33.6 Å². The summed E-state index contributed by atoms with van der Waals surface area (Å²) in [6, 6.07) is 0.463. The molecule has 2 unspecified atom stereocenters. The van der Waals surface area contributed by atoms with E-state index in [1.165, 1.54) is 12.8 Å². The van der Waals surface area contributed by atoms with Crippen LogP contribution in [-0.2, 0) is 4.74 Å². The molecule has 0 aliphatic carbocycles. The van der Waals surface area contributed by atoms with E-state index in [4.69, 9.17) is 10.5 Å². The first-order valence-corrected chi connectivity index (χ1v) is 6.14. The Hall–Kier alpha value is -0.120. The Bertz CT molecular complexity index is 136. The lowest BCUT2D eigenvalue weighted by Gasteiger charge is -2.34. The molecule has 0 radical (unpaired) electrons. The molecule has 0 saturated carbocycles. The second-order valence-electron chi connectivity index (χ2n) is 4.27. The summed E-state index contributed by atoms with van der Waals surface area (Å²) in [5.74, 6) is 0.512. The van der Waals surface area contributed by atoms with E-state index in [0.29, 0.717) is 12.0 Å². The van der Waals surface area contributed by atoms with E-state index >= 15 is 0 Å². The fourth-order valence-corrected chi connectivity index (χ4v) is 2.13. The molecule has 0 saturated heterocycles. The molecule has 0 aromatic carbocycles. The van der Waals surface area contributed by atoms with Crippen molar-refractivity contribution in [2.45, 2.75) is 39.7 Å². The van der Waals surface area contributed by atoms with E-state index in [9.17, 15) is 0 Å². The zero-order valence-electron chi connectivity index (χ0n) is 10.8. The quantitative estimate of drug-likeness (QED) is 0.638. The van der Waals surface area contributed by atoms with E-state index in [1.807, 2.05) is 0 Å². The normalized spacial score (nSPS) is 15.6. The first-order chi connectivity index (χ1) is 7.21. The summed E-state index contributed by atoms with van der Waals surface area (Å²) < 4.78 is 5.21. The van der Waals surface area contributed by atoms with Crippen LogP contribution in [-0.4, -0.2) is 44.3 Å². The first kappa shape index (κ1) is 14.9. The van der Waals surface area contributed by atoms with Crippen LogP contribution < -0.4 is 5.73 Å². The van der Waals surface area contributed by atoms with Crippen molar-refractivity contribution in [3.8, 4) is 0 Å². The third-order valence-corrected chi connectivity index (χ3v) is 2.82. The molecule has 0 amide bonds. The molecule has 2 N–H and O–H groups in total. The molecule has 92 valence electrons. The minimum Gasteiger partial charge on any atom is -0.384 e. The summed E-state index contributed by atoms with van der Waals surface area (Å²) in [6.07, 6.45) is 2.38. The molecule has 2 atom stereocenters. The van der Waals surface area contributed by atoms with Crippen molar-refractivity contribution in [3.05, 3.63) is 0 Å². The maximum absolute atomic E-state index is 5.87. The second kappa shape index (κ2) is 9.13. The van der Waals surface area contributed by atoms with Gasteiger partial charge in [-0.1, -0.05) is 20.8 Å². The van der Waals surface area contributed by atoms with Crippen LogP contribution >= 0.6 is 0 Å². The molecule has 3 heteroatoms. The van der Waals surface area contributed by atoms with Crippen molar-refractivity contribution >= 4 is 0 Å². The van der Waals surface area contributed by atoms with Crippen LogP contribution in [0.15, 0.2) is 0 Å². The van der Waals surface area contributed by atoms with E-state index in [1.54, 1.807) is 7.11 Å². The highest BCUT2D eigenvalue weighted by Crippen LogP contribution is 2.12. The molecule has 0 spiro atoms. The summed E-state index contributed by atoms with van der Waals surface area (Å²) in [6.45, 7) is 10.5. The van der Waals surface area contributed by atoms with Crippen LogP contribution in [0.5, 0.6) is 0 Å². The minimum absolute atomic E-state index is 0.463. The second-order valence-corrected chi connectivity index (χ2v) is 4.27. The molecular weight excluding hydrogens is 188 g/mol. The lowest BCUT2D eigenvalue weighted by molar-refractivity contribution is 0.0847. The molecule has 0 aromatic rings. The van der Waals surface area contributed by atoms with Gasteiger partial charge < -0.3 is 10.5 Å². The Morgan fingerprint density at radius 1 is 1.20 bits per heavy atom. The Balaban J connectivity index is 4.28. The maximum Gasteiger partial charge on any atom is 0.0503 e. The Morgan fingerprint density at radius 2 is 1.73 bits per heavy atom. The van der Waals surface area contributed by atoms with Gasteiger partial charge >= 0.3 is 0 Å². The average Bonchev–Trinajstić information content (AvgIpc) is 2.20. The van der Waals surface area contributed by atoms with Crippen molar-refractivity contribution in [1.29, 1.82) is 0 Å². The van der Waals surface area contributed by atoms with E-state index < -0.39 is 0 Å². The SMILES string of the molecule is CCCN(CCC)C(CN)C(C)COC. The third-order valence-electron chi connectivity index (χ3n) is 2.82. The van der Waals surface area contributed by atoms with Gasteiger partial charge in [-0.05, 0) is 31.8 Å². The highest BCUT2D eigenvalue weighted by atomic mass is 16.5. The molecule has 0 heterocycles. The van der Waals surface area contributed by atoms with Gasteiger partial charge in [0, 0.05) is 19.7 Å². The van der Waals surface area contributed by atoms with Crippen molar-refractivity contribution < 1.29 is 4.74 Å². The lowest BCUT2D eigenvalue weighted by Crippen LogP contribution is -2.46. The van der Waals surface area contributed by atoms with Gasteiger partial charge in [-0.15, -0.1) is 0 Å². The predicted molar refractivity (Wildman–Crippen MR) is 66.0 cm³/mol. The van der Waals surface area contributed by atoms with Gasteiger partial charge in [0.25, 0.3) is 0 Å². The van der Waals surface area contributed by atoms with E-state index in [-0.39, 0.29) is 0 Å². The minimum atomic E-state index is 0.463. The molecule has 3 nitrogen and oxygen atoms in total. The van der Waals surface area contributed by atoms with Gasteiger partial charge in [-0.2, -0.15) is 0 Å². The maximum atomic E-state index is 5.87. The Labute approximate surface area is 95.0 Å². The van der Waals surface area contributed by atoms with Gasteiger partial charge in [0.1, 0.15) is 0 Å². The molecule has 0 aromatic heterocycles. The largest absolute Gasteiger partial charge is 0.384 e. The van der Waals surface area contributed by atoms with Crippen molar-refractivity contribution in [1.82, 2.24) is 4.90 Å². The fourth-order valence-electron chi connectivity index (χ4n) is 2.13. The standard InChI is InChI=1S/C12H28N2O/c1-5-7-14(8-6-2)12(9-13)11(3)10-15-4/h11-12H,5-10,13H2,1-4H3. The lowest BCUT2D eigenvalue weighted by atomic mass is 10.0. The number of nitrogens with two attached hydrogens (primary N) is 1. The number of hydrogen-bond donors (Lipinski definition) is 1. The van der Waals surface area contributed by atoms with Crippen LogP contribution in [0.3, 0.4) is 0 Å². The van der Waals surface area contributed by atoms with Crippen LogP contribution in [0.25, 0.3) is 0 Å². The Morgan fingerprint density at radius 3 is 2.07 bits per heavy atom. The number of nitrogens with zero attached hydrogens (tertiary/aromatic N) is 1. The molecule has 0 rings (SSSR count). The van der Waals surface area contributed by atoms with Gasteiger partial charge in [0.15, 0.2) is 0 Å². The third kappa shape index (κ3) is 5.50. The summed E-state index contributed by atoms with van der Waals surface area (Å²) in [4.78, 5) is 2.50. The van der Waals surface area contributed by atoms with Gasteiger partial charge in [0.05, 0.1) is 6.61 Å². The number of ether oxygens (including phenoxy) is 1. The van der Waals surface area contributed by atoms with Crippen molar-refractivity contribution in [2.24, 2.45) is 11.7 Å². The molecule has 0 bridgehead atoms. The molecule has 15 heavy (non-hydrogen) atoms. The first-order valence-electron chi connectivity index (χ1n) is 6.14. The molecular formula is C12H28N2O. The van der Waals surface area contributed by atoms with Crippen molar-refractivity contribution in [3.63, 3.8) is 0 Å². The van der Waals surface area contributed by atoms with Gasteiger partial charge in [0.2, 0.25) is 0 Å². The monoisotopic (exact) mass is 216 g/mol. The van der Waals surface area contributed by atoms with Gasteiger partial charge in [-0.25, -0.2) is 0 Å². The Kier molecular flexibility index (Phi) is 9.06. The summed E-state index contributed by atoms with van der Waals surface area (Å²) in [7, 11) is 1.76. The van der Waals surface area contributed by atoms with E-state index in [0.717, 1.165) is 26.2 Å². The zero-order chi connectivity index (χ0) is 11.7. The zero-order valence-corrected chi connectivity index (χ0v) is 10.8. The van der Waals surface area contributed by atoms with Crippen LogP contribution in [0.4, 0.5) is 0 Å². The topological polar surface area (TPSA) is 38.5 Å². The number of rotatable bonds is 9. The predicted octanol–water partition coefficient (Wildman–Crippen LogP) is 1.72. The van der Waals surface area contributed by atoms with E-state index in [2.05, 4.69) is 25.7 Å². The highest BCUT2D eigenvalue weighted by Gasteiger charge is 2.21. The average molecular weight is 216 g/mol. The smallest absolute Gasteiger partial charge is 0.0503 e. The molecule has 0 fully saturated rings. The summed E-state index contributed by atoms with van der Waals surface area (Å²) >= 11 is 0. The molecule has 0 aliphatic heterocycles. The van der Waals surface area contributed by atoms with Gasteiger partial charge in [-0.3, -0.25) is 4.90 Å². The fraction of sp³-hybridized carbons (Fsp3) is 1.00.